The molecule has 0 amide bonds. The molecule has 0 fully saturated rings. The lowest BCUT2D eigenvalue weighted by molar-refractivity contribution is 0.423. The molecule has 2 heteroatoms. The second kappa shape index (κ2) is 5.44. The summed E-state index contributed by atoms with van der Waals surface area (Å²) in [5, 5.41) is 3.49. The maximum absolute atomic E-state index is 12.8. The summed E-state index contributed by atoms with van der Waals surface area (Å²) in [6, 6.07) is 7.32. The van der Waals surface area contributed by atoms with Gasteiger partial charge in [-0.3, -0.25) is 0 Å². The first-order valence-electron chi connectivity index (χ1n) is 5.95. The van der Waals surface area contributed by atoms with Gasteiger partial charge >= 0.3 is 0 Å². The largest absolute Gasteiger partial charge is 0.313 e. The van der Waals surface area contributed by atoms with Crippen molar-refractivity contribution >= 4 is 0 Å². The minimum Gasteiger partial charge on any atom is -0.313 e. The van der Waals surface area contributed by atoms with Crippen LogP contribution < -0.4 is 5.32 Å². The van der Waals surface area contributed by atoms with Crippen molar-refractivity contribution in [3.63, 3.8) is 0 Å². The molecule has 0 aliphatic rings. The average molecular weight is 223 g/mol. The minimum atomic E-state index is -0.172. The van der Waals surface area contributed by atoms with Gasteiger partial charge in [-0.25, -0.2) is 4.39 Å². The number of halogens is 1. The molecule has 0 aliphatic carbocycles. The number of hydrogen-bond donors (Lipinski definition) is 1. The third kappa shape index (κ3) is 3.60. The maximum Gasteiger partial charge on any atom is 0.123 e. The predicted octanol–water partition coefficient (Wildman–Crippen LogP) is 3.49. The molecule has 1 atom stereocenters. The fourth-order valence-corrected chi connectivity index (χ4v) is 1.58. The molecule has 0 radical (unpaired) electrons. The number of benzene rings is 1. The molecule has 1 aromatic carbocycles. The molecule has 0 saturated heterocycles. The van der Waals surface area contributed by atoms with Crippen LogP contribution in [0.15, 0.2) is 24.3 Å². The van der Waals surface area contributed by atoms with Gasteiger partial charge in [0.1, 0.15) is 5.82 Å². The monoisotopic (exact) mass is 223 g/mol. The fourth-order valence-electron chi connectivity index (χ4n) is 1.58. The quantitative estimate of drug-likeness (QED) is 0.805. The van der Waals surface area contributed by atoms with Crippen LogP contribution in [0.4, 0.5) is 4.39 Å². The van der Waals surface area contributed by atoms with Crippen LogP contribution in [0.1, 0.15) is 39.7 Å². The molecule has 0 heterocycles. The molecule has 0 spiro atoms. The topological polar surface area (TPSA) is 12.0 Å². The van der Waals surface area contributed by atoms with Crippen LogP contribution >= 0.6 is 0 Å². The summed E-state index contributed by atoms with van der Waals surface area (Å²) in [5.74, 6) is -0.172. The molecule has 1 N–H and O–H groups in total. The Morgan fingerprint density at radius 3 is 2.31 bits per heavy atom. The second-order valence-corrected chi connectivity index (χ2v) is 5.08. The van der Waals surface area contributed by atoms with Crippen LogP contribution in [-0.2, 0) is 5.41 Å². The van der Waals surface area contributed by atoms with E-state index >= 15 is 0 Å². The highest BCUT2D eigenvalue weighted by Crippen LogP contribution is 2.22. The Morgan fingerprint density at radius 1 is 1.25 bits per heavy atom. The third-order valence-electron chi connectivity index (χ3n) is 3.13. The highest BCUT2D eigenvalue weighted by Gasteiger charge is 2.20. The summed E-state index contributed by atoms with van der Waals surface area (Å²) in [5.41, 5.74) is 1.21. The van der Waals surface area contributed by atoms with Crippen LogP contribution in [0.5, 0.6) is 0 Å². The van der Waals surface area contributed by atoms with Crippen molar-refractivity contribution in [2.75, 3.05) is 6.54 Å². The van der Waals surface area contributed by atoms with E-state index in [-0.39, 0.29) is 11.2 Å². The summed E-state index contributed by atoms with van der Waals surface area (Å²) in [6.45, 7) is 9.61. The van der Waals surface area contributed by atoms with E-state index in [9.17, 15) is 4.39 Å². The van der Waals surface area contributed by atoms with Crippen LogP contribution in [0, 0.1) is 5.82 Å². The first-order valence-corrected chi connectivity index (χ1v) is 5.95. The highest BCUT2D eigenvalue weighted by molar-refractivity contribution is 5.24. The Hall–Kier alpha value is -0.890. The van der Waals surface area contributed by atoms with Crippen molar-refractivity contribution < 1.29 is 4.39 Å². The van der Waals surface area contributed by atoms with E-state index < -0.39 is 0 Å². The zero-order valence-electron chi connectivity index (χ0n) is 10.7. The van der Waals surface area contributed by atoms with Gasteiger partial charge in [-0.2, -0.15) is 0 Å². The highest BCUT2D eigenvalue weighted by atomic mass is 19.1. The van der Waals surface area contributed by atoms with Crippen molar-refractivity contribution in [3.05, 3.63) is 35.6 Å². The molecule has 0 bridgehead atoms. The molecule has 90 valence electrons. The molecule has 1 nitrogen and oxygen atoms in total. The first-order chi connectivity index (χ1) is 7.45. The summed E-state index contributed by atoms with van der Waals surface area (Å²) >= 11 is 0. The van der Waals surface area contributed by atoms with Gasteiger partial charge in [-0.15, -0.1) is 0 Å². The Bertz CT molecular complexity index is 316. The van der Waals surface area contributed by atoms with Gasteiger partial charge in [0.2, 0.25) is 0 Å². The van der Waals surface area contributed by atoms with E-state index in [4.69, 9.17) is 0 Å². The third-order valence-corrected chi connectivity index (χ3v) is 3.13. The lowest BCUT2D eigenvalue weighted by Gasteiger charge is -2.27. The summed E-state index contributed by atoms with van der Waals surface area (Å²) < 4.78 is 12.8. The summed E-state index contributed by atoms with van der Waals surface area (Å²) in [7, 11) is 0. The van der Waals surface area contributed by atoms with Gasteiger partial charge in [0.05, 0.1) is 0 Å². The lowest BCUT2D eigenvalue weighted by Crippen LogP contribution is -2.37. The summed E-state index contributed by atoms with van der Waals surface area (Å²) in [4.78, 5) is 0. The molecular formula is C14H22FN. The number of hydrogen-bond acceptors (Lipinski definition) is 1. The second-order valence-electron chi connectivity index (χ2n) is 5.08. The Kier molecular flexibility index (Phi) is 4.48. The smallest absolute Gasteiger partial charge is 0.123 e. The van der Waals surface area contributed by atoms with Gasteiger partial charge in [-0.1, -0.05) is 32.9 Å². The van der Waals surface area contributed by atoms with E-state index in [0.717, 1.165) is 13.0 Å². The van der Waals surface area contributed by atoms with Gasteiger partial charge < -0.3 is 5.32 Å². The standard InChI is InChI=1S/C14H22FN/c1-5-11(2)16-10-14(3,4)12-6-8-13(15)9-7-12/h6-9,11,16H,5,10H2,1-4H3. The molecule has 1 rings (SSSR count). The summed E-state index contributed by atoms with van der Waals surface area (Å²) in [6.07, 6.45) is 1.12. The Labute approximate surface area is 98.1 Å². The molecule has 0 aromatic heterocycles. The van der Waals surface area contributed by atoms with E-state index in [0.29, 0.717) is 6.04 Å². The minimum absolute atomic E-state index is 0.0388. The Balaban J connectivity index is 2.66. The van der Waals surface area contributed by atoms with E-state index in [1.54, 1.807) is 0 Å². The molecule has 0 aliphatic heterocycles. The van der Waals surface area contributed by atoms with Crippen molar-refractivity contribution in [2.45, 2.75) is 45.6 Å². The van der Waals surface area contributed by atoms with Gasteiger partial charge in [0.15, 0.2) is 0 Å². The first kappa shape index (κ1) is 13.2. The number of nitrogens with one attached hydrogen (secondary N) is 1. The van der Waals surface area contributed by atoms with E-state index in [1.165, 1.54) is 17.7 Å². The molecule has 16 heavy (non-hydrogen) atoms. The van der Waals surface area contributed by atoms with Crippen LogP contribution in [0.3, 0.4) is 0 Å². The molecule has 0 saturated carbocycles. The number of rotatable bonds is 5. The van der Waals surface area contributed by atoms with Crippen molar-refractivity contribution in [3.8, 4) is 0 Å². The normalized spacial score (nSPS) is 13.8. The average Bonchev–Trinajstić information content (AvgIpc) is 2.26. The zero-order valence-corrected chi connectivity index (χ0v) is 10.7. The van der Waals surface area contributed by atoms with Crippen LogP contribution in [-0.4, -0.2) is 12.6 Å². The van der Waals surface area contributed by atoms with E-state index in [2.05, 4.69) is 33.0 Å². The van der Waals surface area contributed by atoms with Crippen LogP contribution in [0.25, 0.3) is 0 Å². The maximum atomic E-state index is 12.8. The fraction of sp³-hybridized carbons (Fsp3) is 0.571. The van der Waals surface area contributed by atoms with Crippen molar-refractivity contribution in [2.24, 2.45) is 0 Å². The lowest BCUT2D eigenvalue weighted by atomic mass is 9.84. The van der Waals surface area contributed by atoms with Gasteiger partial charge in [0, 0.05) is 18.0 Å². The van der Waals surface area contributed by atoms with Gasteiger partial charge in [-0.05, 0) is 31.0 Å². The van der Waals surface area contributed by atoms with Gasteiger partial charge in [0.25, 0.3) is 0 Å². The van der Waals surface area contributed by atoms with E-state index in [1.807, 2.05) is 12.1 Å². The zero-order chi connectivity index (χ0) is 12.2. The Morgan fingerprint density at radius 2 is 1.81 bits per heavy atom. The van der Waals surface area contributed by atoms with Crippen LogP contribution in [0.2, 0.25) is 0 Å². The van der Waals surface area contributed by atoms with Crippen molar-refractivity contribution in [1.82, 2.24) is 5.32 Å². The molecule has 1 unspecified atom stereocenters. The SMILES string of the molecule is CCC(C)NCC(C)(C)c1ccc(F)cc1. The predicted molar refractivity (Wildman–Crippen MR) is 67.2 cm³/mol. The molecular weight excluding hydrogens is 201 g/mol. The van der Waals surface area contributed by atoms with Crippen molar-refractivity contribution in [1.29, 1.82) is 0 Å². The molecule has 1 aromatic rings.